The van der Waals surface area contributed by atoms with Crippen LogP contribution in [-0.2, 0) is 4.74 Å². The second-order valence-electron chi connectivity index (χ2n) is 7.36. The van der Waals surface area contributed by atoms with Crippen molar-refractivity contribution >= 4 is 22.5 Å². The molecule has 1 N–H and O–H groups in total. The molecule has 4 nitrogen and oxygen atoms in total. The lowest BCUT2D eigenvalue weighted by molar-refractivity contribution is 0.0789. The Morgan fingerprint density at radius 1 is 1.11 bits per heavy atom. The predicted molar refractivity (Wildman–Crippen MR) is 113 cm³/mol. The lowest BCUT2D eigenvalue weighted by atomic mass is 9.93. The lowest BCUT2D eigenvalue weighted by Gasteiger charge is -2.34. The van der Waals surface area contributed by atoms with Crippen LogP contribution in [0, 0.1) is 6.92 Å². The Morgan fingerprint density at radius 2 is 1.82 bits per heavy atom. The van der Waals surface area contributed by atoms with Crippen molar-refractivity contribution in [3.05, 3.63) is 70.4 Å². The van der Waals surface area contributed by atoms with Crippen LogP contribution in [0.4, 0.5) is 0 Å². The molecule has 1 aromatic heterocycles. The minimum atomic E-state index is -0.0809. The van der Waals surface area contributed by atoms with E-state index >= 15 is 0 Å². The predicted octanol–water partition coefficient (Wildman–Crippen LogP) is 5.10. The number of rotatable bonds is 3. The molecule has 146 valence electrons. The van der Waals surface area contributed by atoms with E-state index in [2.05, 4.69) is 41.1 Å². The average Bonchev–Trinajstić information content (AvgIpc) is 2.68. The molecule has 3 aromatic rings. The summed E-state index contributed by atoms with van der Waals surface area (Å²) < 4.78 is 5.62. The van der Waals surface area contributed by atoms with E-state index in [0.717, 1.165) is 55.7 Å². The molecule has 1 fully saturated rings. The number of aromatic hydroxyl groups is 1. The van der Waals surface area contributed by atoms with Gasteiger partial charge in [0.25, 0.3) is 0 Å². The Kier molecular flexibility index (Phi) is 5.81. The van der Waals surface area contributed by atoms with Gasteiger partial charge in [-0.25, -0.2) is 0 Å². The maximum atomic E-state index is 11.1. The summed E-state index contributed by atoms with van der Waals surface area (Å²) in [6.45, 7) is 5.42. The zero-order valence-corrected chi connectivity index (χ0v) is 16.8. The molecule has 2 heterocycles. The molecule has 1 aliphatic rings. The van der Waals surface area contributed by atoms with Crippen molar-refractivity contribution in [3.63, 3.8) is 0 Å². The van der Waals surface area contributed by atoms with Crippen molar-refractivity contribution in [2.75, 3.05) is 26.3 Å². The molecule has 0 bridgehead atoms. The van der Waals surface area contributed by atoms with Crippen molar-refractivity contribution in [2.24, 2.45) is 0 Å². The maximum Gasteiger partial charge on any atom is 0.147 e. The van der Waals surface area contributed by atoms with Crippen molar-refractivity contribution in [3.8, 4) is 5.75 Å². The Labute approximate surface area is 170 Å². The van der Waals surface area contributed by atoms with E-state index in [4.69, 9.17) is 16.3 Å². The number of hydrogen-bond donors (Lipinski definition) is 1. The monoisotopic (exact) mass is 396 g/mol. The molecule has 5 heteroatoms. The van der Waals surface area contributed by atoms with Crippen molar-refractivity contribution in [1.82, 2.24) is 9.88 Å². The van der Waals surface area contributed by atoms with E-state index in [1.807, 2.05) is 18.2 Å². The number of benzene rings is 2. The molecule has 0 saturated carbocycles. The van der Waals surface area contributed by atoms with Gasteiger partial charge in [-0.2, -0.15) is 0 Å². The van der Waals surface area contributed by atoms with Crippen LogP contribution in [0.3, 0.4) is 0 Å². The van der Waals surface area contributed by atoms with Crippen LogP contribution in [0.1, 0.15) is 35.6 Å². The fourth-order valence-corrected chi connectivity index (χ4v) is 4.23. The van der Waals surface area contributed by atoms with E-state index in [1.165, 1.54) is 5.56 Å². The Hall–Kier alpha value is -2.14. The number of nitrogens with zero attached hydrogens (tertiary/aromatic N) is 2. The summed E-state index contributed by atoms with van der Waals surface area (Å²) in [6, 6.07) is 14.1. The molecule has 0 aliphatic carbocycles. The van der Waals surface area contributed by atoms with Crippen LogP contribution < -0.4 is 0 Å². The smallest absolute Gasteiger partial charge is 0.147 e. The number of hydrogen-bond acceptors (Lipinski definition) is 4. The minimum absolute atomic E-state index is 0.0809. The van der Waals surface area contributed by atoms with Gasteiger partial charge in [0.15, 0.2) is 0 Å². The van der Waals surface area contributed by atoms with Crippen LogP contribution in [0.5, 0.6) is 5.75 Å². The van der Waals surface area contributed by atoms with Crippen LogP contribution >= 0.6 is 11.6 Å². The molecule has 0 radical (unpaired) electrons. The quantitative estimate of drug-likeness (QED) is 0.668. The fraction of sp³-hybridized carbons (Fsp3) is 0.348. The molecule has 0 spiro atoms. The summed E-state index contributed by atoms with van der Waals surface area (Å²) in [5, 5.41) is 12.5. The zero-order valence-electron chi connectivity index (χ0n) is 16.1. The van der Waals surface area contributed by atoms with Gasteiger partial charge in [0, 0.05) is 43.4 Å². The lowest BCUT2D eigenvalue weighted by Crippen LogP contribution is -2.34. The van der Waals surface area contributed by atoms with Gasteiger partial charge in [-0.15, -0.1) is 0 Å². The van der Waals surface area contributed by atoms with Crippen molar-refractivity contribution in [1.29, 1.82) is 0 Å². The number of pyridine rings is 1. The van der Waals surface area contributed by atoms with Gasteiger partial charge in [-0.1, -0.05) is 41.4 Å². The topological polar surface area (TPSA) is 45.6 Å². The van der Waals surface area contributed by atoms with Crippen LogP contribution in [0.2, 0.25) is 5.02 Å². The highest BCUT2D eigenvalue weighted by atomic mass is 35.5. The summed E-state index contributed by atoms with van der Waals surface area (Å²) >= 11 is 6.60. The second-order valence-corrected chi connectivity index (χ2v) is 7.77. The molecule has 1 aliphatic heterocycles. The molecule has 4 rings (SSSR count). The number of ether oxygens (including phenoxy) is 1. The van der Waals surface area contributed by atoms with E-state index in [0.29, 0.717) is 10.5 Å². The third-order valence-electron chi connectivity index (χ3n) is 5.37. The van der Waals surface area contributed by atoms with E-state index in [9.17, 15) is 5.11 Å². The van der Waals surface area contributed by atoms with Gasteiger partial charge in [0.05, 0.1) is 11.1 Å². The van der Waals surface area contributed by atoms with Crippen molar-refractivity contribution < 1.29 is 9.84 Å². The fourth-order valence-electron chi connectivity index (χ4n) is 3.96. The molecule has 1 atom stereocenters. The number of halogens is 1. The van der Waals surface area contributed by atoms with Gasteiger partial charge in [0.2, 0.25) is 0 Å². The summed E-state index contributed by atoms with van der Waals surface area (Å²) in [6.07, 6.45) is 3.61. The summed E-state index contributed by atoms with van der Waals surface area (Å²) in [5.74, 6) is 0.212. The van der Waals surface area contributed by atoms with Crippen molar-refractivity contribution in [2.45, 2.75) is 25.8 Å². The number of phenolic OH excluding ortho intramolecular Hbond substituents is 1. The third kappa shape index (κ3) is 3.86. The van der Waals surface area contributed by atoms with E-state index in [1.54, 1.807) is 6.20 Å². The second kappa shape index (κ2) is 8.48. The van der Waals surface area contributed by atoms with Gasteiger partial charge in [-0.3, -0.25) is 9.88 Å². The van der Waals surface area contributed by atoms with Gasteiger partial charge in [-0.05, 0) is 43.5 Å². The number of aromatic nitrogens is 1. The highest BCUT2D eigenvalue weighted by molar-refractivity contribution is 6.35. The van der Waals surface area contributed by atoms with E-state index in [-0.39, 0.29) is 11.8 Å². The first-order valence-electron chi connectivity index (χ1n) is 9.79. The van der Waals surface area contributed by atoms with Crippen LogP contribution in [0.25, 0.3) is 10.9 Å². The third-order valence-corrected chi connectivity index (χ3v) is 5.68. The SMILES string of the molecule is Cc1ccc(C(c2cc(Cl)c3cccnc3c2O)N2CCCOCCC2)cc1. The molecule has 0 amide bonds. The first-order chi connectivity index (χ1) is 13.6. The Balaban J connectivity index is 1.86. The molecule has 2 aromatic carbocycles. The largest absolute Gasteiger partial charge is 0.505 e. The first kappa shape index (κ1) is 19.2. The molecule has 1 saturated heterocycles. The first-order valence-corrected chi connectivity index (χ1v) is 10.2. The van der Waals surface area contributed by atoms with Gasteiger partial charge in [0.1, 0.15) is 11.3 Å². The Bertz CT molecular complexity index is 951. The normalized spacial score (nSPS) is 17.2. The highest BCUT2D eigenvalue weighted by Gasteiger charge is 2.27. The minimum Gasteiger partial charge on any atom is -0.505 e. The molecular formula is C23H25ClN2O2. The van der Waals surface area contributed by atoms with Crippen LogP contribution in [0.15, 0.2) is 48.7 Å². The summed E-state index contributed by atoms with van der Waals surface area (Å²) in [4.78, 5) is 6.82. The van der Waals surface area contributed by atoms with Gasteiger partial charge >= 0.3 is 0 Å². The standard InChI is InChI=1S/C23H25ClN2O2/c1-16-6-8-17(9-7-16)22(26-11-3-13-28-14-4-12-26)19-15-20(24)18-5-2-10-25-21(18)23(19)27/h2,5-10,15,22,27H,3-4,11-14H2,1H3. The van der Waals surface area contributed by atoms with Crippen LogP contribution in [-0.4, -0.2) is 41.3 Å². The average molecular weight is 397 g/mol. The summed E-state index contributed by atoms with van der Waals surface area (Å²) in [7, 11) is 0. The van der Waals surface area contributed by atoms with Gasteiger partial charge < -0.3 is 9.84 Å². The molecule has 1 unspecified atom stereocenters. The maximum absolute atomic E-state index is 11.1. The molecular weight excluding hydrogens is 372 g/mol. The zero-order chi connectivity index (χ0) is 19.5. The number of aryl methyl sites for hydroxylation is 1. The Morgan fingerprint density at radius 3 is 2.54 bits per heavy atom. The highest BCUT2D eigenvalue weighted by Crippen LogP contribution is 2.41. The summed E-state index contributed by atoms with van der Waals surface area (Å²) in [5.41, 5.74) is 3.72. The van der Waals surface area contributed by atoms with E-state index < -0.39 is 0 Å². The number of phenols is 1. The molecule has 28 heavy (non-hydrogen) atoms. The number of fused-ring (bicyclic) bond motifs is 1.